The number of rotatable bonds is 7. The van der Waals surface area contributed by atoms with Crippen molar-refractivity contribution in [3.05, 3.63) is 21.6 Å². The Kier molecular flexibility index (Phi) is 4.93. The Morgan fingerprint density at radius 1 is 1.41 bits per heavy atom. The van der Waals surface area contributed by atoms with Crippen molar-refractivity contribution in [2.24, 2.45) is 23.7 Å². The SMILES string of the molecule is COCCCNc1cnn(C23C[C@@H]4CC(C[C@@H](C4)C2)[C@H]3C(=O)[O-])c(=O)c1Cl. The fraction of sp³-hybridized carbons (Fsp3) is 0.737. The van der Waals surface area contributed by atoms with Crippen molar-refractivity contribution < 1.29 is 14.6 Å². The third-order valence-corrected chi connectivity index (χ3v) is 7.07. The zero-order valence-corrected chi connectivity index (χ0v) is 16.2. The van der Waals surface area contributed by atoms with E-state index in [4.69, 9.17) is 16.3 Å². The number of carbonyl (C=O) groups is 1. The highest BCUT2D eigenvalue weighted by molar-refractivity contribution is 6.32. The fourth-order valence-corrected chi connectivity index (χ4v) is 6.22. The van der Waals surface area contributed by atoms with Crippen LogP contribution in [0.5, 0.6) is 0 Å². The number of carbonyl (C=O) groups excluding carboxylic acids is 1. The van der Waals surface area contributed by atoms with E-state index in [1.807, 2.05) is 0 Å². The first-order chi connectivity index (χ1) is 13.0. The Morgan fingerprint density at radius 2 is 2.11 bits per heavy atom. The molecule has 1 aromatic heterocycles. The summed E-state index contributed by atoms with van der Waals surface area (Å²) in [6.07, 6.45) is 6.61. The number of aliphatic carboxylic acids is 1. The maximum Gasteiger partial charge on any atom is 0.288 e. The molecule has 1 N–H and O–H groups in total. The van der Waals surface area contributed by atoms with Gasteiger partial charge in [0.1, 0.15) is 5.02 Å². The minimum Gasteiger partial charge on any atom is -0.550 e. The molecule has 0 aromatic carbocycles. The van der Waals surface area contributed by atoms with Gasteiger partial charge in [0, 0.05) is 32.1 Å². The maximum atomic E-state index is 13.1. The number of carboxylic acids is 1. The molecule has 1 aromatic rings. The first kappa shape index (κ1) is 18.7. The van der Waals surface area contributed by atoms with E-state index < -0.39 is 23.0 Å². The average Bonchev–Trinajstić information content (AvgIpc) is 2.60. The van der Waals surface area contributed by atoms with Gasteiger partial charge in [-0.2, -0.15) is 5.10 Å². The average molecular weight is 395 g/mol. The summed E-state index contributed by atoms with van der Waals surface area (Å²) in [5.74, 6) is -0.757. The minimum atomic E-state index is -1.06. The highest BCUT2D eigenvalue weighted by Gasteiger charge is 2.59. The molecule has 27 heavy (non-hydrogen) atoms. The second kappa shape index (κ2) is 7.09. The van der Waals surface area contributed by atoms with E-state index in [0.29, 0.717) is 43.5 Å². The van der Waals surface area contributed by atoms with E-state index >= 15 is 0 Å². The van der Waals surface area contributed by atoms with Gasteiger partial charge in [-0.3, -0.25) is 4.79 Å². The number of methoxy groups -OCH3 is 1. The van der Waals surface area contributed by atoms with Crippen molar-refractivity contribution in [3.63, 3.8) is 0 Å². The van der Waals surface area contributed by atoms with Gasteiger partial charge in [0.2, 0.25) is 0 Å². The second-order valence-corrected chi connectivity index (χ2v) is 8.75. The summed E-state index contributed by atoms with van der Waals surface area (Å²) in [5, 5.41) is 19.6. The molecule has 7 nitrogen and oxygen atoms in total. The van der Waals surface area contributed by atoms with Crippen LogP contribution in [0.1, 0.15) is 38.5 Å². The van der Waals surface area contributed by atoms with Crippen molar-refractivity contribution in [3.8, 4) is 0 Å². The van der Waals surface area contributed by atoms with Gasteiger partial charge in [0.25, 0.3) is 5.56 Å². The third kappa shape index (κ3) is 3.05. The topological polar surface area (TPSA) is 96.3 Å². The summed E-state index contributed by atoms with van der Waals surface area (Å²) >= 11 is 6.35. The van der Waals surface area contributed by atoms with Crippen LogP contribution in [0.3, 0.4) is 0 Å². The molecule has 5 atom stereocenters. The Balaban J connectivity index is 1.68. The molecule has 0 spiro atoms. The van der Waals surface area contributed by atoms with Gasteiger partial charge in [-0.1, -0.05) is 11.6 Å². The first-order valence-corrected chi connectivity index (χ1v) is 10.1. The minimum absolute atomic E-state index is 0.0651. The van der Waals surface area contributed by atoms with Crippen molar-refractivity contribution in [1.29, 1.82) is 0 Å². The van der Waals surface area contributed by atoms with Crippen molar-refractivity contribution in [2.45, 2.75) is 44.1 Å². The Hall–Kier alpha value is -1.60. The molecule has 148 valence electrons. The maximum absolute atomic E-state index is 13.1. The number of anilines is 1. The lowest BCUT2D eigenvalue weighted by atomic mass is 9.48. The van der Waals surface area contributed by atoms with E-state index in [9.17, 15) is 14.7 Å². The Morgan fingerprint density at radius 3 is 2.74 bits per heavy atom. The number of ether oxygens (including phenoxy) is 1. The van der Waals surface area contributed by atoms with Crippen LogP contribution in [-0.4, -0.2) is 36.0 Å². The number of hydrogen-bond acceptors (Lipinski definition) is 6. The van der Waals surface area contributed by atoms with Crippen LogP contribution in [0.25, 0.3) is 0 Å². The van der Waals surface area contributed by atoms with Gasteiger partial charge in [0.05, 0.1) is 17.4 Å². The molecule has 0 saturated heterocycles. The van der Waals surface area contributed by atoms with E-state index in [1.165, 1.54) is 4.68 Å². The number of nitrogens with one attached hydrogen (secondary N) is 1. The van der Waals surface area contributed by atoms with Crippen molar-refractivity contribution in [2.75, 3.05) is 25.6 Å². The van der Waals surface area contributed by atoms with Crippen LogP contribution >= 0.6 is 11.6 Å². The van der Waals surface area contributed by atoms with E-state index in [-0.39, 0.29) is 10.9 Å². The molecule has 2 unspecified atom stereocenters. The molecular weight excluding hydrogens is 370 g/mol. The normalized spacial score (nSPS) is 34.0. The van der Waals surface area contributed by atoms with Gasteiger partial charge in [0.15, 0.2) is 0 Å². The zero-order chi connectivity index (χ0) is 19.2. The van der Waals surface area contributed by atoms with Crippen molar-refractivity contribution in [1.82, 2.24) is 9.78 Å². The molecular formula is C19H25ClN3O4-. The Bertz CT molecular complexity index is 782. The molecule has 4 aliphatic rings. The summed E-state index contributed by atoms with van der Waals surface area (Å²) in [6, 6.07) is 0. The van der Waals surface area contributed by atoms with Crippen LogP contribution in [0.2, 0.25) is 5.02 Å². The monoisotopic (exact) mass is 394 g/mol. The predicted molar refractivity (Wildman–Crippen MR) is 98.5 cm³/mol. The van der Waals surface area contributed by atoms with Gasteiger partial charge in [-0.15, -0.1) is 0 Å². The zero-order valence-electron chi connectivity index (χ0n) is 15.4. The van der Waals surface area contributed by atoms with Crippen LogP contribution in [0, 0.1) is 23.7 Å². The van der Waals surface area contributed by atoms with Crippen LogP contribution < -0.4 is 16.0 Å². The highest BCUT2D eigenvalue weighted by atomic mass is 35.5. The molecule has 4 bridgehead atoms. The lowest BCUT2D eigenvalue weighted by Gasteiger charge is -2.61. The van der Waals surface area contributed by atoms with E-state index in [2.05, 4.69) is 10.4 Å². The van der Waals surface area contributed by atoms with Gasteiger partial charge < -0.3 is 20.0 Å². The van der Waals surface area contributed by atoms with Crippen LogP contribution in [0.15, 0.2) is 11.0 Å². The van der Waals surface area contributed by atoms with Crippen LogP contribution in [-0.2, 0) is 15.1 Å². The number of aromatic nitrogens is 2. The van der Waals surface area contributed by atoms with Crippen LogP contribution in [0.4, 0.5) is 5.69 Å². The summed E-state index contributed by atoms with van der Waals surface area (Å²) in [5.41, 5.74) is -0.742. The second-order valence-electron chi connectivity index (χ2n) is 8.37. The predicted octanol–water partition coefficient (Wildman–Crippen LogP) is 1.25. The van der Waals surface area contributed by atoms with E-state index in [0.717, 1.165) is 25.7 Å². The summed E-state index contributed by atoms with van der Waals surface area (Å²) < 4.78 is 6.38. The summed E-state index contributed by atoms with van der Waals surface area (Å²) in [7, 11) is 1.63. The largest absolute Gasteiger partial charge is 0.550 e. The van der Waals surface area contributed by atoms with E-state index in [1.54, 1.807) is 13.3 Å². The molecule has 4 aliphatic carbocycles. The molecule has 4 saturated carbocycles. The molecule has 0 amide bonds. The molecule has 1 heterocycles. The molecule has 0 aliphatic heterocycles. The fourth-order valence-electron chi connectivity index (χ4n) is 6.03. The Labute approximate surface area is 163 Å². The lowest BCUT2D eigenvalue weighted by molar-refractivity contribution is -0.323. The smallest absolute Gasteiger partial charge is 0.288 e. The number of halogens is 1. The number of nitrogens with zero attached hydrogens (tertiary/aromatic N) is 2. The third-order valence-electron chi connectivity index (χ3n) is 6.71. The van der Waals surface area contributed by atoms with Gasteiger partial charge >= 0.3 is 0 Å². The molecule has 8 heteroatoms. The van der Waals surface area contributed by atoms with Gasteiger partial charge in [-0.25, -0.2) is 4.68 Å². The lowest BCUT2D eigenvalue weighted by Crippen LogP contribution is -2.65. The molecule has 4 fully saturated rings. The standard InChI is InChI=1S/C19H26ClN3O4/c1-27-4-2-3-21-14-10-22-23(17(24)16(14)20)19-8-11-5-12(9-19)7-13(6-11)15(19)18(25)26/h10-13,15,21H,2-9H2,1H3,(H,25,26)/p-1/t11-,12+,13?,15-,19?/m0/s1. The number of carboxylic acid groups (broad SMARTS) is 1. The first-order valence-electron chi connectivity index (χ1n) is 9.68. The summed E-state index contributed by atoms with van der Waals surface area (Å²) in [4.78, 5) is 25.1. The van der Waals surface area contributed by atoms with Crippen molar-refractivity contribution >= 4 is 23.3 Å². The summed E-state index contributed by atoms with van der Waals surface area (Å²) in [6.45, 7) is 1.22. The number of hydrogen-bond donors (Lipinski definition) is 1. The van der Waals surface area contributed by atoms with Gasteiger partial charge in [-0.05, 0) is 56.3 Å². The highest BCUT2D eigenvalue weighted by Crippen LogP contribution is 2.61. The quantitative estimate of drug-likeness (QED) is 0.699. The molecule has 0 radical (unpaired) electrons. The molecule has 5 rings (SSSR count).